The van der Waals surface area contributed by atoms with Crippen molar-refractivity contribution in [1.29, 1.82) is 0 Å². The second kappa shape index (κ2) is 6.21. The molecule has 1 aliphatic carbocycles. The molecular formula is C14H20N4S. The first-order valence-corrected chi connectivity index (χ1v) is 7.68. The van der Waals surface area contributed by atoms with Crippen LogP contribution in [0.15, 0.2) is 40.3 Å². The molecule has 0 bridgehead atoms. The molecular weight excluding hydrogens is 256 g/mol. The van der Waals surface area contributed by atoms with Gasteiger partial charge in [-0.3, -0.25) is 9.98 Å². The molecule has 19 heavy (non-hydrogen) atoms. The van der Waals surface area contributed by atoms with E-state index in [0.29, 0.717) is 5.92 Å². The summed E-state index contributed by atoms with van der Waals surface area (Å²) in [6, 6.07) is 10.1. The summed E-state index contributed by atoms with van der Waals surface area (Å²) in [7, 11) is 0. The van der Waals surface area contributed by atoms with Crippen molar-refractivity contribution in [3.8, 4) is 0 Å². The van der Waals surface area contributed by atoms with Gasteiger partial charge in [0.25, 0.3) is 0 Å². The van der Waals surface area contributed by atoms with E-state index in [1.54, 1.807) is 11.8 Å². The average Bonchev–Trinajstić information content (AvgIpc) is 3.08. The van der Waals surface area contributed by atoms with Gasteiger partial charge in [0.2, 0.25) is 0 Å². The minimum Gasteiger partial charge on any atom is -0.344 e. The van der Waals surface area contributed by atoms with E-state index in [0.717, 1.165) is 30.2 Å². The zero-order chi connectivity index (χ0) is 13.7. The highest BCUT2D eigenvalue weighted by molar-refractivity contribution is 7.98. The van der Waals surface area contributed by atoms with Gasteiger partial charge in [0.05, 0.1) is 5.88 Å². The van der Waals surface area contributed by atoms with Gasteiger partial charge in [-0.05, 0) is 31.5 Å². The maximum absolute atomic E-state index is 6.04. The van der Waals surface area contributed by atoms with E-state index in [1.807, 2.05) is 36.6 Å². The molecule has 1 aromatic rings. The summed E-state index contributed by atoms with van der Waals surface area (Å²) in [5.74, 6) is 2.07. The Morgan fingerprint density at radius 3 is 2.84 bits per heavy atom. The molecule has 1 aliphatic rings. The Balaban J connectivity index is 1.99. The first-order chi connectivity index (χ1) is 9.18. The van der Waals surface area contributed by atoms with Crippen molar-refractivity contribution in [3.63, 3.8) is 0 Å². The van der Waals surface area contributed by atoms with Gasteiger partial charge in [0.1, 0.15) is 11.5 Å². The predicted molar refractivity (Wildman–Crippen MR) is 85.1 cm³/mol. The lowest BCUT2D eigenvalue weighted by atomic mass is 10.2. The monoisotopic (exact) mass is 276 g/mol. The van der Waals surface area contributed by atoms with Crippen molar-refractivity contribution in [3.05, 3.63) is 30.3 Å². The molecule has 1 aromatic carbocycles. The van der Waals surface area contributed by atoms with Gasteiger partial charge in [-0.15, -0.1) is 11.8 Å². The van der Waals surface area contributed by atoms with E-state index in [-0.39, 0.29) is 0 Å². The topological polar surface area (TPSA) is 62.8 Å². The van der Waals surface area contributed by atoms with Gasteiger partial charge < -0.3 is 11.1 Å². The predicted octanol–water partition coefficient (Wildman–Crippen LogP) is 2.58. The molecule has 2 atom stereocenters. The summed E-state index contributed by atoms with van der Waals surface area (Å²) in [5.41, 5.74) is 6.66. The summed E-state index contributed by atoms with van der Waals surface area (Å²) >= 11 is 1.70. The molecule has 4 nitrogen and oxygen atoms in total. The standard InChI is InChI=1S/C14H20N4S/c1-16-14(15)9-11(14)8-13(17-10-19-2)18-12-6-4-3-5-7-12/h3-7,11H,1,8-10,15H2,2H3,(H,17,18)/t11-,14+/m1/s1. The molecule has 5 heteroatoms. The molecule has 0 spiro atoms. The number of thioether (sulfide) groups is 1. The van der Waals surface area contributed by atoms with Crippen molar-refractivity contribution in [2.24, 2.45) is 21.6 Å². The average molecular weight is 276 g/mol. The summed E-state index contributed by atoms with van der Waals surface area (Å²) in [4.78, 5) is 8.56. The van der Waals surface area contributed by atoms with Crippen LogP contribution in [0.2, 0.25) is 0 Å². The maximum atomic E-state index is 6.04. The Morgan fingerprint density at radius 1 is 1.53 bits per heavy atom. The summed E-state index contributed by atoms with van der Waals surface area (Å²) in [6.07, 6.45) is 3.76. The van der Waals surface area contributed by atoms with E-state index in [1.165, 1.54) is 0 Å². The second-order valence-electron chi connectivity index (χ2n) is 4.77. The number of nitrogens with two attached hydrogens (primary N) is 1. The first kappa shape index (κ1) is 14.1. The van der Waals surface area contributed by atoms with Gasteiger partial charge in [0, 0.05) is 18.0 Å². The van der Waals surface area contributed by atoms with Crippen LogP contribution in [0.3, 0.4) is 0 Å². The molecule has 0 heterocycles. The van der Waals surface area contributed by atoms with Crippen LogP contribution in [-0.4, -0.2) is 30.3 Å². The van der Waals surface area contributed by atoms with Crippen LogP contribution in [-0.2, 0) is 0 Å². The third kappa shape index (κ3) is 3.81. The Morgan fingerprint density at radius 2 is 2.26 bits per heavy atom. The minimum atomic E-state index is -0.432. The molecule has 0 radical (unpaired) electrons. The number of para-hydroxylation sites is 1. The van der Waals surface area contributed by atoms with E-state index in [9.17, 15) is 0 Å². The molecule has 0 amide bonds. The fourth-order valence-corrected chi connectivity index (χ4v) is 2.28. The number of rotatable bonds is 6. The summed E-state index contributed by atoms with van der Waals surface area (Å²) in [6.45, 7) is 3.56. The fraction of sp³-hybridized carbons (Fsp3) is 0.429. The SMILES string of the molecule is C=N[C@@]1(N)C[C@H]1CC(=NCSC)Nc1ccccc1. The Bertz CT molecular complexity index is 460. The lowest BCUT2D eigenvalue weighted by Gasteiger charge is -2.11. The van der Waals surface area contributed by atoms with E-state index < -0.39 is 5.66 Å². The van der Waals surface area contributed by atoms with E-state index in [2.05, 4.69) is 22.0 Å². The van der Waals surface area contributed by atoms with E-state index in [4.69, 9.17) is 5.73 Å². The number of hydrogen-bond acceptors (Lipinski definition) is 4. The number of nitrogens with zero attached hydrogens (tertiary/aromatic N) is 2. The number of benzene rings is 1. The highest BCUT2D eigenvalue weighted by atomic mass is 32.2. The molecule has 2 rings (SSSR count). The lowest BCUT2D eigenvalue weighted by molar-refractivity contribution is 0.639. The normalized spacial score (nSPS) is 26.0. The van der Waals surface area contributed by atoms with Crippen molar-refractivity contribution in [2.45, 2.75) is 18.5 Å². The van der Waals surface area contributed by atoms with Gasteiger partial charge in [-0.2, -0.15) is 0 Å². The number of nitrogens with one attached hydrogen (secondary N) is 1. The first-order valence-electron chi connectivity index (χ1n) is 6.29. The summed E-state index contributed by atoms with van der Waals surface area (Å²) in [5, 5.41) is 3.37. The maximum Gasteiger partial charge on any atom is 0.111 e. The van der Waals surface area contributed by atoms with Crippen LogP contribution in [0.5, 0.6) is 0 Å². The van der Waals surface area contributed by atoms with Crippen molar-refractivity contribution >= 4 is 30.0 Å². The molecule has 0 aromatic heterocycles. The lowest BCUT2D eigenvalue weighted by Crippen LogP contribution is -2.24. The number of hydrogen-bond donors (Lipinski definition) is 2. The van der Waals surface area contributed by atoms with Crippen LogP contribution in [0.1, 0.15) is 12.8 Å². The molecule has 3 N–H and O–H groups in total. The van der Waals surface area contributed by atoms with E-state index >= 15 is 0 Å². The van der Waals surface area contributed by atoms with Gasteiger partial charge in [-0.1, -0.05) is 18.2 Å². The molecule has 1 fully saturated rings. The highest BCUT2D eigenvalue weighted by Gasteiger charge is 2.50. The fourth-order valence-electron chi connectivity index (χ4n) is 2.00. The third-order valence-corrected chi connectivity index (χ3v) is 3.69. The van der Waals surface area contributed by atoms with Crippen LogP contribution in [0.25, 0.3) is 0 Å². The zero-order valence-corrected chi connectivity index (χ0v) is 12.0. The van der Waals surface area contributed by atoms with Gasteiger partial charge in [0.15, 0.2) is 0 Å². The molecule has 1 saturated carbocycles. The molecule has 0 aliphatic heterocycles. The second-order valence-corrected chi connectivity index (χ2v) is 5.60. The van der Waals surface area contributed by atoms with Crippen molar-refractivity contribution < 1.29 is 0 Å². The quantitative estimate of drug-likeness (QED) is 0.620. The number of anilines is 1. The van der Waals surface area contributed by atoms with Crippen LogP contribution < -0.4 is 11.1 Å². The third-order valence-electron chi connectivity index (χ3n) is 3.30. The van der Waals surface area contributed by atoms with Crippen molar-refractivity contribution in [1.82, 2.24) is 0 Å². The highest BCUT2D eigenvalue weighted by Crippen LogP contribution is 2.44. The zero-order valence-electron chi connectivity index (χ0n) is 11.2. The Hall–Kier alpha value is -1.33. The molecule has 0 saturated heterocycles. The van der Waals surface area contributed by atoms with Crippen LogP contribution in [0, 0.1) is 5.92 Å². The Labute approximate surface area is 118 Å². The molecule has 0 unspecified atom stereocenters. The van der Waals surface area contributed by atoms with Gasteiger partial charge >= 0.3 is 0 Å². The number of aliphatic imine (C=N–C) groups is 2. The Kier molecular flexibility index (Phi) is 4.61. The minimum absolute atomic E-state index is 0.349. The van der Waals surface area contributed by atoms with Crippen LogP contribution >= 0.6 is 11.8 Å². The molecule has 102 valence electrons. The van der Waals surface area contributed by atoms with Crippen molar-refractivity contribution in [2.75, 3.05) is 17.4 Å². The summed E-state index contributed by atoms with van der Waals surface area (Å²) < 4.78 is 0. The number of amidine groups is 1. The van der Waals surface area contributed by atoms with Gasteiger partial charge in [-0.25, -0.2) is 0 Å². The smallest absolute Gasteiger partial charge is 0.111 e. The largest absolute Gasteiger partial charge is 0.344 e. The van der Waals surface area contributed by atoms with Crippen LogP contribution in [0.4, 0.5) is 5.69 Å².